The van der Waals surface area contributed by atoms with Crippen LogP contribution in [0.25, 0.3) is 27.8 Å². The minimum absolute atomic E-state index is 0.419. The van der Waals surface area contributed by atoms with Gasteiger partial charge in [0.15, 0.2) is 0 Å². The Morgan fingerprint density at radius 3 is 1.93 bits per heavy atom. The average Bonchev–Trinajstić information content (AvgIpc) is 3.11. The number of nitrogens with zero attached hydrogens (tertiary/aromatic N) is 2. The second kappa shape index (κ2) is 7.03. The summed E-state index contributed by atoms with van der Waals surface area (Å²) in [6, 6.07) is 23.7. The molecule has 0 spiro atoms. The van der Waals surface area contributed by atoms with Gasteiger partial charge in [0, 0.05) is 0 Å². The third-order valence-electron chi connectivity index (χ3n) is 5.21. The topological polar surface area (TPSA) is 17.8 Å². The Balaban J connectivity index is 2.03. The van der Waals surface area contributed by atoms with Gasteiger partial charge in [-0.3, -0.25) is 4.57 Å². The molecule has 0 radical (unpaired) electrons. The molecule has 1 aromatic heterocycles. The maximum absolute atomic E-state index is 4.64. The number of rotatable bonds is 4. The van der Waals surface area contributed by atoms with Gasteiger partial charge in [0.05, 0.1) is 16.7 Å². The van der Waals surface area contributed by atoms with Crippen LogP contribution in [0.1, 0.15) is 50.7 Å². The highest BCUT2D eigenvalue weighted by molar-refractivity contribution is 5.79. The second-order valence-corrected chi connectivity index (χ2v) is 7.78. The minimum atomic E-state index is 0.419. The number of hydrogen-bond acceptors (Lipinski definition) is 1. The second-order valence-electron chi connectivity index (χ2n) is 7.78. The van der Waals surface area contributed by atoms with Gasteiger partial charge in [-0.1, -0.05) is 70.2 Å². The molecular formula is C25H26N2. The lowest BCUT2D eigenvalue weighted by molar-refractivity contribution is 0.810. The first-order valence-corrected chi connectivity index (χ1v) is 9.72. The zero-order valence-electron chi connectivity index (χ0n) is 16.5. The highest BCUT2D eigenvalue weighted by Gasteiger charge is 2.19. The number of hydrogen-bond donors (Lipinski definition) is 0. The van der Waals surface area contributed by atoms with Crippen molar-refractivity contribution in [1.82, 2.24) is 9.55 Å². The van der Waals surface area contributed by atoms with Crippen LogP contribution in [0.3, 0.4) is 0 Å². The lowest BCUT2D eigenvalue weighted by atomic mass is 9.88. The zero-order chi connectivity index (χ0) is 19.0. The zero-order valence-corrected chi connectivity index (χ0v) is 16.5. The van der Waals surface area contributed by atoms with E-state index in [1.165, 1.54) is 27.9 Å². The summed E-state index contributed by atoms with van der Waals surface area (Å²) in [5, 5.41) is 0. The van der Waals surface area contributed by atoms with Crippen molar-refractivity contribution in [2.24, 2.45) is 0 Å². The van der Waals surface area contributed by atoms with Crippen molar-refractivity contribution >= 4 is 11.0 Å². The number of imidazole rings is 1. The summed E-state index contributed by atoms with van der Waals surface area (Å²) >= 11 is 0. The molecule has 0 fully saturated rings. The number of benzene rings is 3. The molecule has 2 nitrogen and oxygen atoms in total. The molecule has 0 bridgehead atoms. The minimum Gasteiger partial charge on any atom is -0.298 e. The van der Waals surface area contributed by atoms with Crippen LogP contribution in [-0.2, 0) is 0 Å². The van der Waals surface area contributed by atoms with Gasteiger partial charge in [-0.15, -0.1) is 0 Å². The van der Waals surface area contributed by atoms with Crippen molar-refractivity contribution in [3.05, 3.63) is 84.2 Å². The van der Waals surface area contributed by atoms with Crippen LogP contribution in [0.5, 0.6) is 0 Å². The highest BCUT2D eigenvalue weighted by Crippen LogP contribution is 2.37. The molecule has 0 N–H and O–H groups in total. The third kappa shape index (κ3) is 3.16. The lowest BCUT2D eigenvalue weighted by Gasteiger charge is -2.23. The van der Waals surface area contributed by atoms with Gasteiger partial charge >= 0.3 is 0 Å². The molecule has 0 saturated carbocycles. The summed E-state index contributed by atoms with van der Waals surface area (Å²) in [6.07, 6.45) is 1.97. The summed E-state index contributed by atoms with van der Waals surface area (Å²) in [6.45, 7) is 9.10. The van der Waals surface area contributed by atoms with E-state index < -0.39 is 0 Å². The molecule has 0 aliphatic heterocycles. The van der Waals surface area contributed by atoms with Gasteiger partial charge < -0.3 is 0 Å². The Kier molecular flexibility index (Phi) is 4.57. The molecular weight excluding hydrogens is 328 g/mol. The largest absolute Gasteiger partial charge is 0.298 e. The van der Waals surface area contributed by atoms with E-state index in [0.717, 1.165) is 11.0 Å². The van der Waals surface area contributed by atoms with Crippen molar-refractivity contribution < 1.29 is 0 Å². The maximum Gasteiger partial charge on any atom is 0.100 e. The number of para-hydroxylation sites is 2. The summed E-state index contributed by atoms with van der Waals surface area (Å²) in [4.78, 5) is 4.64. The van der Waals surface area contributed by atoms with Crippen LogP contribution in [0.4, 0.5) is 0 Å². The fraction of sp³-hybridized carbons (Fsp3) is 0.240. The van der Waals surface area contributed by atoms with Crippen molar-refractivity contribution in [3.63, 3.8) is 0 Å². The SMILES string of the molecule is CC(C)c1cc(-c2ccccc2)cc(C(C)C)c1-n1cnc2ccccc21. The molecule has 136 valence electrons. The Bertz CT molecular complexity index is 1040. The van der Waals surface area contributed by atoms with Gasteiger partial charge in [0.1, 0.15) is 6.33 Å². The summed E-state index contributed by atoms with van der Waals surface area (Å²) in [5.41, 5.74) is 8.77. The average molecular weight is 354 g/mol. The molecule has 0 saturated heterocycles. The first-order valence-electron chi connectivity index (χ1n) is 9.72. The van der Waals surface area contributed by atoms with E-state index in [1.54, 1.807) is 0 Å². The summed E-state index contributed by atoms with van der Waals surface area (Å²) in [7, 11) is 0. The van der Waals surface area contributed by atoms with Crippen LogP contribution in [0.2, 0.25) is 0 Å². The van der Waals surface area contributed by atoms with Crippen LogP contribution in [0, 0.1) is 0 Å². The van der Waals surface area contributed by atoms with Crippen LogP contribution in [-0.4, -0.2) is 9.55 Å². The van der Waals surface area contributed by atoms with Gasteiger partial charge in [-0.05, 0) is 58.4 Å². The van der Waals surface area contributed by atoms with Gasteiger partial charge in [-0.2, -0.15) is 0 Å². The monoisotopic (exact) mass is 354 g/mol. The van der Waals surface area contributed by atoms with Gasteiger partial charge in [-0.25, -0.2) is 4.98 Å². The smallest absolute Gasteiger partial charge is 0.100 e. The Morgan fingerprint density at radius 2 is 1.30 bits per heavy atom. The van der Waals surface area contributed by atoms with Crippen molar-refractivity contribution in [3.8, 4) is 16.8 Å². The van der Waals surface area contributed by atoms with E-state index in [1.807, 2.05) is 12.4 Å². The molecule has 1 heterocycles. The fourth-order valence-corrected chi connectivity index (χ4v) is 3.77. The quantitative estimate of drug-likeness (QED) is 0.388. The molecule has 27 heavy (non-hydrogen) atoms. The molecule has 3 aromatic carbocycles. The van der Waals surface area contributed by atoms with Crippen LogP contribution in [0.15, 0.2) is 73.1 Å². The molecule has 0 amide bonds. The van der Waals surface area contributed by atoms with E-state index in [4.69, 9.17) is 0 Å². The predicted octanol–water partition coefficient (Wildman–Crippen LogP) is 6.94. The van der Waals surface area contributed by atoms with E-state index in [0.29, 0.717) is 11.8 Å². The van der Waals surface area contributed by atoms with Gasteiger partial charge in [0.2, 0.25) is 0 Å². The van der Waals surface area contributed by atoms with E-state index in [9.17, 15) is 0 Å². The van der Waals surface area contributed by atoms with Crippen molar-refractivity contribution in [2.75, 3.05) is 0 Å². The van der Waals surface area contributed by atoms with Crippen molar-refractivity contribution in [1.29, 1.82) is 0 Å². The number of aromatic nitrogens is 2. The normalized spacial score (nSPS) is 11.6. The molecule has 0 unspecified atom stereocenters. The Hall–Kier alpha value is -2.87. The number of fused-ring (bicyclic) bond motifs is 1. The first kappa shape index (κ1) is 17.5. The fourth-order valence-electron chi connectivity index (χ4n) is 3.77. The molecule has 0 atom stereocenters. The molecule has 4 aromatic rings. The van der Waals surface area contributed by atoms with Crippen LogP contribution < -0.4 is 0 Å². The third-order valence-corrected chi connectivity index (χ3v) is 5.21. The molecule has 0 aliphatic carbocycles. The van der Waals surface area contributed by atoms with Crippen molar-refractivity contribution in [2.45, 2.75) is 39.5 Å². The van der Waals surface area contributed by atoms with Crippen LogP contribution >= 0.6 is 0 Å². The highest BCUT2D eigenvalue weighted by atomic mass is 15.1. The van der Waals surface area contributed by atoms with E-state index in [-0.39, 0.29) is 0 Å². The maximum atomic E-state index is 4.64. The standard InChI is InChI=1S/C25H26N2/c1-17(2)21-14-20(19-10-6-5-7-11-19)15-22(18(3)4)25(21)27-16-26-23-12-8-9-13-24(23)27/h5-18H,1-4H3. The first-order chi connectivity index (χ1) is 13.1. The Morgan fingerprint density at radius 1 is 0.704 bits per heavy atom. The molecule has 0 aliphatic rings. The lowest BCUT2D eigenvalue weighted by Crippen LogP contribution is -2.07. The molecule has 4 rings (SSSR count). The summed E-state index contributed by atoms with van der Waals surface area (Å²) in [5.74, 6) is 0.838. The summed E-state index contributed by atoms with van der Waals surface area (Å²) < 4.78 is 2.27. The van der Waals surface area contributed by atoms with E-state index >= 15 is 0 Å². The van der Waals surface area contributed by atoms with E-state index in [2.05, 4.69) is 97.9 Å². The van der Waals surface area contributed by atoms with Gasteiger partial charge in [0.25, 0.3) is 0 Å². The predicted molar refractivity (Wildman–Crippen MR) is 115 cm³/mol. The molecule has 2 heteroatoms. The Labute approximate surface area is 161 Å².